The topological polar surface area (TPSA) is 41.9 Å². The maximum atomic E-state index is 12.5. The number of benzene rings is 2. The first-order chi connectivity index (χ1) is 13.2. The lowest BCUT2D eigenvalue weighted by molar-refractivity contribution is -0.131. The molecule has 1 saturated heterocycles. The maximum Gasteiger partial charge on any atom is 0.246 e. The minimum atomic E-state index is -0.256. The van der Waals surface area contributed by atoms with Gasteiger partial charge >= 0.3 is 0 Å². The number of hydrogen-bond acceptors (Lipinski definition) is 3. The molecule has 2 aromatic rings. The van der Waals surface area contributed by atoms with Crippen LogP contribution in [0.1, 0.15) is 30.4 Å². The second kappa shape index (κ2) is 7.69. The molecule has 2 aliphatic heterocycles. The molecule has 0 atom stereocenters. The normalized spacial score (nSPS) is 18.6. The predicted molar refractivity (Wildman–Crippen MR) is 110 cm³/mol. The molecule has 0 aliphatic carbocycles. The Bertz CT molecular complexity index is 884. The van der Waals surface area contributed by atoms with Crippen molar-refractivity contribution in [2.75, 3.05) is 13.1 Å². The lowest BCUT2D eigenvalue weighted by Crippen LogP contribution is -2.46. The van der Waals surface area contributed by atoms with Crippen LogP contribution in [0.15, 0.2) is 70.3 Å². The fourth-order valence-electron chi connectivity index (χ4n) is 3.59. The summed E-state index contributed by atoms with van der Waals surface area (Å²) in [5.41, 5.74) is 2.86. The number of nitrogens with zero attached hydrogens (tertiary/aromatic N) is 2. The first-order valence-electron chi connectivity index (χ1n) is 9.17. The van der Waals surface area contributed by atoms with Crippen molar-refractivity contribution in [2.45, 2.75) is 24.9 Å². The molecule has 2 aliphatic rings. The number of oxime groups is 1. The average molecular weight is 425 g/mol. The summed E-state index contributed by atoms with van der Waals surface area (Å²) in [5.74, 6) is 0.0443. The van der Waals surface area contributed by atoms with Crippen molar-refractivity contribution in [2.24, 2.45) is 5.16 Å². The molecular weight excluding hydrogens is 404 g/mol. The van der Waals surface area contributed by atoms with Gasteiger partial charge in [-0.15, -0.1) is 0 Å². The number of carbonyl (C=O) groups is 1. The molecule has 1 fully saturated rings. The van der Waals surface area contributed by atoms with E-state index in [1.54, 1.807) is 6.08 Å². The molecular formula is C22H21BrN2O2. The molecule has 0 aromatic heterocycles. The zero-order valence-corrected chi connectivity index (χ0v) is 16.6. The third-order valence-corrected chi connectivity index (χ3v) is 5.97. The molecule has 27 heavy (non-hydrogen) atoms. The second-order valence-corrected chi connectivity index (χ2v) is 7.89. The lowest BCUT2D eigenvalue weighted by atomic mass is 9.85. The van der Waals surface area contributed by atoms with E-state index in [0.717, 1.165) is 40.6 Å². The minimum Gasteiger partial charge on any atom is -0.388 e. The van der Waals surface area contributed by atoms with E-state index in [1.807, 2.05) is 53.4 Å². The maximum absolute atomic E-state index is 12.5. The van der Waals surface area contributed by atoms with E-state index in [1.165, 1.54) is 0 Å². The third-order valence-electron chi connectivity index (χ3n) is 5.24. The van der Waals surface area contributed by atoms with E-state index in [2.05, 4.69) is 33.2 Å². The fourth-order valence-corrected chi connectivity index (χ4v) is 4.00. The first kappa shape index (κ1) is 18.0. The standard InChI is InChI=1S/C22H21BrN2O2/c23-19-9-5-4-6-17(19)10-11-21(26)25-14-12-22(13-15-25)16-20(24-27-22)18-7-2-1-3-8-18/h1-11H,12-16H2. The van der Waals surface area contributed by atoms with Gasteiger partial charge in [-0.1, -0.05) is 69.6 Å². The number of halogens is 1. The Kier molecular flexibility index (Phi) is 5.12. The highest BCUT2D eigenvalue weighted by Crippen LogP contribution is 2.36. The highest BCUT2D eigenvalue weighted by molar-refractivity contribution is 9.10. The van der Waals surface area contributed by atoms with Crippen LogP contribution in [0.4, 0.5) is 0 Å². The van der Waals surface area contributed by atoms with E-state index < -0.39 is 0 Å². The Hall–Kier alpha value is -2.40. The van der Waals surface area contributed by atoms with Gasteiger partial charge in [0.25, 0.3) is 0 Å². The van der Waals surface area contributed by atoms with Crippen LogP contribution in [-0.4, -0.2) is 35.2 Å². The lowest BCUT2D eigenvalue weighted by Gasteiger charge is -2.36. The predicted octanol–water partition coefficient (Wildman–Crippen LogP) is 4.65. The monoisotopic (exact) mass is 424 g/mol. The Labute approximate surface area is 167 Å². The molecule has 0 radical (unpaired) electrons. The van der Waals surface area contributed by atoms with Gasteiger partial charge in [0.2, 0.25) is 5.91 Å². The number of carbonyl (C=O) groups excluding carboxylic acids is 1. The largest absolute Gasteiger partial charge is 0.388 e. The molecule has 5 heteroatoms. The summed E-state index contributed by atoms with van der Waals surface area (Å²) in [7, 11) is 0. The van der Waals surface area contributed by atoms with Gasteiger partial charge in [-0.3, -0.25) is 4.79 Å². The van der Waals surface area contributed by atoms with Crippen molar-refractivity contribution in [1.29, 1.82) is 0 Å². The zero-order valence-electron chi connectivity index (χ0n) is 15.0. The van der Waals surface area contributed by atoms with Crippen molar-refractivity contribution < 1.29 is 9.63 Å². The highest BCUT2D eigenvalue weighted by Gasteiger charge is 2.42. The smallest absolute Gasteiger partial charge is 0.246 e. The van der Waals surface area contributed by atoms with Crippen LogP contribution >= 0.6 is 15.9 Å². The molecule has 0 N–H and O–H groups in total. The van der Waals surface area contributed by atoms with Crippen LogP contribution in [0.25, 0.3) is 6.08 Å². The van der Waals surface area contributed by atoms with Crippen molar-refractivity contribution in [3.63, 3.8) is 0 Å². The summed E-state index contributed by atoms with van der Waals surface area (Å²) >= 11 is 3.50. The molecule has 0 saturated carbocycles. The van der Waals surface area contributed by atoms with Crippen molar-refractivity contribution in [1.82, 2.24) is 4.90 Å². The highest BCUT2D eigenvalue weighted by atomic mass is 79.9. The van der Waals surface area contributed by atoms with Crippen LogP contribution in [0.2, 0.25) is 0 Å². The molecule has 2 heterocycles. The van der Waals surface area contributed by atoms with E-state index in [9.17, 15) is 4.79 Å². The van der Waals surface area contributed by atoms with Crippen LogP contribution < -0.4 is 0 Å². The van der Waals surface area contributed by atoms with E-state index in [4.69, 9.17) is 4.84 Å². The van der Waals surface area contributed by atoms with Crippen molar-refractivity contribution >= 4 is 33.6 Å². The van der Waals surface area contributed by atoms with E-state index in [-0.39, 0.29) is 11.5 Å². The first-order valence-corrected chi connectivity index (χ1v) is 9.97. The quantitative estimate of drug-likeness (QED) is 0.672. The van der Waals surface area contributed by atoms with E-state index in [0.29, 0.717) is 13.1 Å². The number of likely N-dealkylation sites (tertiary alicyclic amines) is 1. The van der Waals surface area contributed by atoms with Gasteiger partial charge in [-0.2, -0.15) is 0 Å². The summed E-state index contributed by atoms with van der Waals surface area (Å²) in [5, 5.41) is 4.33. The van der Waals surface area contributed by atoms with Gasteiger partial charge in [-0.25, -0.2) is 0 Å². The van der Waals surface area contributed by atoms with Crippen LogP contribution in [0, 0.1) is 0 Å². The van der Waals surface area contributed by atoms with Crippen LogP contribution in [0.3, 0.4) is 0 Å². The van der Waals surface area contributed by atoms with Crippen LogP contribution in [0.5, 0.6) is 0 Å². The van der Waals surface area contributed by atoms with Gasteiger partial charge in [-0.05, 0) is 23.3 Å². The Morgan fingerprint density at radius 2 is 1.78 bits per heavy atom. The van der Waals surface area contributed by atoms with Gasteiger partial charge in [0, 0.05) is 42.9 Å². The molecule has 2 aromatic carbocycles. The molecule has 1 spiro atoms. The molecule has 1 amide bonds. The van der Waals surface area contributed by atoms with Gasteiger partial charge in [0.1, 0.15) is 5.60 Å². The number of piperidine rings is 1. The average Bonchev–Trinajstić information content (AvgIpc) is 3.12. The Balaban J connectivity index is 1.34. The Morgan fingerprint density at radius 3 is 2.52 bits per heavy atom. The summed E-state index contributed by atoms with van der Waals surface area (Å²) in [6.45, 7) is 1.38. The summed E-state index contributed by atoms with van der Waals surface area (Å²) < 4.78 is 0.983. The van der Waals surface area contributed by atoms with Gasteiger partial charge < -0.3 is 9.74 Å². The molecule has 138 valence electrons. The second-order valence-electron chi connectivity index (χ2n) is 7.04. The molecule has 4 nitrogen and oxygen atoms in total. The minimum absolute atomic E-state index is 0.0443. The Morgan fingerprint density at radius 1 is 1.07 bits per heavy atom. The molecule has 0 bridgehead atoms. The van der Waals surface area contributed by atoms with Crippen LogP contribution in [-0.2, 0) is 9.63 Å². The number of amides is 1. The summed E-state index contributed by atoms with van der Waals surface area (Å²) in [6.07, 6.45) is 5.94. The van der Waals surface area contributed by atoms with Gasteiger partial charge in [0.05, 0.1) is 5.71 Å². The van der Waals surface area contributed by atoms with Crippen molar-refractivity contribution in [3.8, 4) is 0 Å². The third kappa shape index (κ3) is 3.98. The van der Waals surface area contributed by atoms with Gasteiger partial charge in [0.15, 0.2) is 0 Å². The van der Waals surface area contributed by atoms with E-state index >= 15 is 0 Å². The summed E-state index contributed by atoms with van der Waals surface area (Å²) in [4.78, 5) is 20.3. The number of hydrogen-bond donors (Lipinski definition) is 0. The molecule has 4 rings (SSSR count). The zero-order chi connectivity index (χ0) is 18.7. The summed E-state index contributed by atoms with van der Waals surface area (Å²) in [6, 6.07) is 18.0. The fraction of sp³-hybridized carbons (Fsp3) is 0.273. The SMILES string of the molecule is O=C(C=Cc1ccccc1Br)N1CCC2(CC1)CC(c1ccccc1)=NO2. The molecule has 0 unspecified atom stereocenters. The van der Waals surface area contributed by atoms with Crippen molar-refractivity contribution in [3.05, 3.63) is 76.3 Å². The number of rotatable bonds is 3.